The number of hydrogen-bond acceptors (Lipinski definition) is 8. The lowest BCUT2D eigenvalue weighted by Crippen LogP contribution is -2.01. The number of aromatic nitrogens is 2. The van der Waals surface area contributed by atoms with Gasteiger partial charge in [0.1, 0.15) is 5.15 Å². The highest BCUT2D eigenvalue weighted by atomic mass is 35.5. The second kappa shape index (κ2) is 14.8. The minimum Gasteiger partial charge on any atom is -0.469 e. The molecule has 6 nitrogen and oxygen atoms in total. The van der Waals surface area contributed by atoms with E-state index in [-0.39, 0.29) is 17.1 Å². The number of carbonyl (C=O) groups excluding carboxylic acids is 2. The van der Waals surface area contributed by atoms with Gasteiger partial charge in [0.05, 0.1) is 42.8 Å². The van der Waals surface area contributed by atoms with Gasteiger partial charge in [-0.05, 0) is 19.1 Å². The van der Waals surface area contributed by atoms with Crippen molar-refractivity contribution in [2.75, 3.05) is 25.7 Å². The number of rotatable bonds is 8. The lowest BCUT2D eigenvalue weighted by Gasteiger charge is -2.04. The first-order valence-electron chi connectivity index (χ1n) is 8.60. The quantitative estimate of drug-likeness (QED) is 0.252. The Morgan fingerprint density at radius 2 is 1.33 bits per heavy atom. The number of esters is 2. The van der Waals surface area contributed by atoms with Gasteiger partial charge in [0.15, 0.2) is 0 Å². The van der Waals surface area contributed by atoms with Crippen LogP contribution in [0.2, 0.25) is 15.2 Å². The Hall–Kier alpha value is -1.19. The van der Waals surface area contributed by atoms with E-state index in [1.807, 2.05) is 13.0 Å². The van der Waals surface area contributed by atoms with Gasteiger partial charge >= 0.3 is 11.9 Å². The van der Waals surface area contributed by atoms with Crippen molar-refractivity contribution in [3.63, 3.8) is 0 Å². The van der Waals surface area contributed by atoms with E-state index >= 15 is 0 Å². The molecule has 0 amide bonds. The van der Waals surface area contributed by atoms with Gasteiger partial charge in [-0.25, -0.2) is 4.98 Å². The van der Waals surface area contributed by atoms with Crippen LogP contribution in [0.3, 0.4) is 0 Å². The van der Waals surface area contributed by atoms with E-state index in [2.05, 4.69) is 19.4 Å². The zero-order valence-electron chi connectivity index (χ0n) is 16.6. The van der Waals surface area contributed by atoms with E-state index in [1.165, 1.54) is 37.7 Å². The van der Waals surface area contributed by atoms with Crippen molar-refractivity contribution in [2.24, 2.45) is 0 Å². The third-order valence-electron chi connectivity index (χ3n) is 3.42. The number of halogens is 3. The van der Waals surface area contributed by atoms with E-state index in [0.717, 1.165) is 15.5 Å². The van der Waals surface area contributed by atoms with Crippen LogP contribution in [0, 0.1) is 6.92 Å². The monoisotopic (exact) mass is 510 g/mol. The predicted octanol–water partition coefficient (Wildman–Crippen LogP) is 5.74. The Morgan fingerprint density at radius 1 is 0.867 bits per heavy atom. The summed E-state index contributed by atoms with van der Waals surface area (Å²) in [5.74, 6) is 0.825. The molecule has 0 radical (unpaired) electrons. The molecule has 0 spiro atoms. The van der Waals surface area contributed by atoms with Gasteiger partial charge in [0.25, 0.3) is 0 Å². The summed E-state index contributed by atoms with van der Waals surface area (Å²) in [5.41, 5.74) is 0.805. The SMILES string of the molecule is COC(=O)CCSc1ccnc(C)c1Cl.COC(=O)CCSc1ccnc(Cl)c1Cl. The lowest BCUT2D eigenvalue weighted by molar-refractivity contribution is -0.141. The molecule has 164 valence electrons. The second-order valence-corrected chi connectivity index (χ2v) is 8.86. The minimum atomic E-state index is -0.237. The zero-order valence-corrected chi connectivity index (χ0v) is 20.5. The molecule has 2 aromatic rings. The number of hydrogen-bond donors (Lipinski definition) is 0. The highest BCUT2D eigenvalue weighted by Crippen LogP contribution is 2.31. The molecule has 30 heavy (non-hydrogen) atoms. The van der Waals surface area contributed by atoms with E-state index < -0.39 is 0 Å². The third-order valence-corrected chi connectivity index (χ3v) is 7.01. The molecular weight excluding hydrogens is 491 g/mol. The zero-order chi connectivity index (χ0) is 22.5. The molecule has 0 aliphatic heterocycles. The molecule has 2 heterocycles. The summed E-state index contributed by atoms with van der Waals surface area (Å²) in [4.78, 5) is 31.4. The molecule has 0 aliphatic carbocycles. The number of methoxy groups -OCH3 is 2. The Balaban J connectivity index is 0.000000300. The number of carbonyl (C=O) groups is 2. The molecule has 0 aliphatic rings. The van der Waals surface area contributed by atoms with E-state index in [9.17, 15) is 9.59 Å². The summed E-state index contributed by atoms with van der Waals surface area (Å²) in [6, 6.07) is 3.60. The fraction of sp³-hybridized carbons (Fsp3) is 0.368. The van der Waals surface area contributed by atoms with Crippen LogP contribution in [-0.2, 0) is 19.1 Å². The van der Waals surface area contributed by atoms with Crippen molar-refractivity contribution in [1.29, 1.82) is 0 Å². The maximum Gasteiger partial charge on any atom is 0.306 e. The number of nitrogens with zero attached hydrogens (tertiary/aromatic N) is 2. The van der Waals surface area contributed by atoms with Crippen LogP contribution in [0.4, 0.5) is 0 Å². The van der Waals surface area contributed by atoms with Crippen LogP contribution >= 0.6 is 58.3 Å². The van der Waals surface area contributed by atoms with E-state index in [0.29, 0.717) is 34.4 Å². The van der Waals surface area contributed by atoms with Gasteiger partial charge in [0.2, 0.25) is 0 Å². The Labute approximate surface area is 199 Å². The second-order valence-electron chi connectivity index (χ2n) is 5.47. The summed E-state index contributed by atoms with van der Waals surface area (Å²) in [6.07, 6.45) is 4.02. The van der Waals surface area contributed by atoms with Gasteiger partial charge in [0, 0.05) is 33.7 Å². The maximum atomic E-state index is 10.9. The fourth-order valence-corrected chi connectivity index (χ4v) is 4.40. The first kappa shape index (κ1) is 26.8. The van der Waals surface area contributed by atoms with Crippen molar-refractivity contribution in [3.8, 4) is 0 Å². The standard InChI is InChI=1S/C10H12ClNO2S.C9H9Cl2NO2S/c1-7-10(11)8(3-5-12-7)15-6-4-9(13)14-2;1-14-7(13)3-5-15-6-2-4-12-9(11)8(6)10/h3,5H,4,6H2,1-2H3;2,4H,3,5H2,1H3. The third kappa shape index (κ3) is 9.75. The van der Waals surface area contributed by atoms with Crippen molar-refractivity contribution in [2.45, 2.75) is 29.6 Å². The maximum absolute atomic E-state index is 10.9. The molecule has 11 heteroatoms. The number of ether oxygens (including phenoxy) is 2. The molecule has 2 aromatic heterocycles. The fourth-order valence-electron chi connectivity index (χ4n) is 1.84. The van der Waals surface area contributed by atoms with Crippen molar-refractivity contribution < 1.29 is 19.1 Å². The van der Waals surface area contributed by atoms with Crippen molar-refractivity contribution >= 4 is 70.3 Å². The number of thioether (sulfide) groups is 2. The number of pyridine rings is 2. The first-order valence-corrected chi connectivity index (χ1v) is 11.7. The van der Waals surface area contributed by atoms with Crippen molar-refractivity contribution in [3.05, 3.63) is 45.4 Å². The van der Waals surface area contributed by atoms with Gasteiger partial charge < -0.3 is 9.47 Å². The van der Waals surface area contributed by atoms with Crippen LogP contribution in [-0.4, -0.2) is 47.6 Å². The smallest absolute Gasteiger partial charge is 0.306 e. The predicted molar refractivity (Wildman–Crippen MR) is 123 cm³/mol. The molecule has 0 unspecified atom stereocenters. The van der Waals surface area contributed by atoms with E-state index in [4.69, 9.17) is 34.8 Å². The Morgan fingerprint density at radius 3 is 1.83 bits per heavy atom. The first-order chi connectivity index (χ1) is 14.3. The highest BCUT2D eigenvalue weighted by molar-refractivity contribution is 7.99. The topological polar surface area (TPSA) is 78.4 Å². The van der Waals surface area contributed by atoms with Gasteiger partial charge in [-0.1, -0.05) is 34.8 Å². The van der Waals surface area contributed by atoms with Crippen LogP contribution in [0.15, 0.2) is 34.3 Å². The Kier molecular flexibility index (Phi) is 13.2. The average molecular weight is 512 g/mol. The molecular formula is C19H21Cl3N2O4S2. The summed E-state index contributed by atoms with van der Waals surface area (Å²) >= 11 is 20.7. The minimum absolute atomic E-state index is 0.204. The summed E-state index contributed by atoms with van der Waals surface area (Å²) in [6.45, 7) is 1.85. The molecule has 0 bridgehead atoms. The molecule has 0 saturated heterocycles. The summed E-state index contributed by atoms with van der Waals surface area (Å²) < 4.78 is 9.06. The van der Waals surface area contributed by atoms with Crippen LogP contribution in [0.5, 0.6) is 0 Å². The summed E-state index contributed by atoms with van der Waals surface area (Å²) in [7, 11) is 2.75. The summed E-state index contributed by atoms with van der Waals surface area (Å²) in [5, 5.41) is 1.36. The molecule has 0 aromatic carbocycles. The molecule has 2 rings (SSSR count). The van der Waals surface area contributed by atoms with Crippen LogP contribution in [0.1, 0.15) is 18.5 Å². The van der Waals surface area contributed by atoms with Gasteiger partial charge in [-0.15, -0.1) is 23.5 Å². The average Bonchev–Trinajstić information content (AvgIpc) is 2.74. The normalized spacial score (nSPS) is 10.1. The lowest BCUT2D eigenvalue weighted by atomic mass is 10.4. The number of aryl methyl sites for hydroxylation is 1. The molecule has 0 saturated carbocycles. The molecule has 0 atom stereocenters. The van der Waals surface area contributed by atoms with Gasteiger partial charge in [-0.2, -0.15) is 0 Å². The van der Waals surface area contributed by atoms with Crippen LogP contribution < -0.4 is 0 Å². The Bertz CT molecular complexity index is 787. The van der Waals surface area contributed by atoms with Gasteiger partial charge in [-0.3, -0.25) is 14.6 Å². The van der Waals surface area contributed by atoms with Crippen LogP contribution in [0.25, 0.3) is 0 Å². The largest absolute Gasteiger partial charge is 0.469 e. The highest BCUT2D eigenvalue weighted by Gasteiger charge is 2.08. The molecule has 0 fully saturated rings. The van der Waals surface area contributed by atoms with E-state index in [1.54, 1.807) is 18.5 Å². The molecule has 0 N–H and O–H groups in total. The van der Waals surface area contributed by atoms with Crippen molar-refractivity contribution in [1.82, 2.24) is 9.97 Å².